The summed E-state index contributed by atoms with van der Waals surface area (Å²) in [5.74, 6) is 0. The maximum atomic E-state index is 3.69. The van der Waals surface area contributed by atoms with Crippen LogP contribution < -0.4 is 5.32 Å². The summed E-state index contributed by atoms with van der Waals surface area (Å²) in [5.41, 5.74) is 0. The molecule has 16 heavy (non-hydrogen) atoms. The zero-order valence-electron chi connectivity index (χ0n) is 11.6. The molecule has 0 aromatic rings. The Balaban J connectivity index is 2.60. The second kappa shape index (κ2) is 7.29. The van der Waals surface area contributed by atoms with Crippen LogP contribution in [0.2, 0.25) is 0 Å². The molecule has 0 bridgehead atoms. The summed E-state index contributed by atoms with van der Waals surface area (Å²) >= 11 is 0. The van der Waals surface area contributed by atoms with E-state index in [1.165, 1.54) is 38.6 Å². The number of likely N-dealkylation sites (tertiary alicyclic amines) is 1. The minimum atomic E-state index is 0.695. The molecule has 1 saturated heterocycles. The van der Waals surface area contributed by atoms with Gasteiger partial charge in [0, 0.05) is 18.1 Å². The Morgan fingerprint density at radius 2 is 2.06 bits per heavy atom. The second-order valence-electron chi connectivity index (χ2n) is 5.16. The highest BCUT2D eigenvalue weighted by Gasteiger charge is 2.31. The van der Waals surface area contributed by atoms with Gasteiger partial charge in [-0.1, -0.05) is 27.2 Å². The number of nitrogens with zero attached hydrogens (tertiary/aromatic N) is 1. The molecule has 1 N–H and O–H groups in total. The Hall–Kier alpha value is -0.0800. The summed E-state index contributed by atoms with van der Waals surface area (Å²) in [5, 5.41) is 3.69. The van der Waals surface area contributed by atoms with Gasteiger partial charge in [0.1, 0.15) is 0 Å². The van der Waals surface area contributed by atoms with Crippen LogP contribution in [-0.4, -0.2) is 36.1 Å². The molecule has 0 saturated carbocycles. The van der Waals surface area contributed by atoms with Crippen molar-refractivity contribution in [2.45, 2.75) is 77.9 Å². The van der Waals surface area contributed by atoms with Crippen LogP contribution in [0.3, 0.4) is 0 Å². The van der Waals surface area contributed by atoms with Crippen molar-refractivity contribution in [2.75, 3.05) is 13.1 Å². The molecule has 3 atom stereocenters. The topological polar surface area (TPSA) is 15.3 Å². The van der Waals surface area contributed by atoms with E-state index in [1.807, 2.05) is 0 Å². The normalized spacial score (nSPS) is 25.9. The third-order valence-corrected chi connectivity index (χ3v) is 3.98. The van der Waals surface area contributed by atoms with Crippen molar-refractivity contribution in [1.82, 2.24) is 10.2 Å². The fourth-order valence-electron chi connectivity index (χ4n) is 3.20. The van der Waals surface area contributed by atoms with Crippen LogP contribution in [-0.2, 0) is 0 Å². The third kappa shape index (κ3) is 3.46. The first-order valence-electron chi connectivity index (χ1n) is 7.23. The average molecular weight is 226 g/mol. The molecule has 1 aliphatic rings. The van der Waals surface area contributed by atoms with E-state index >= 15 is 0 Å². The zero-order chi connectivity index (χ0) is 12.0. The summed E-state index contributed by atoms with van der Waals surface area (Å²) in [7, 11) is 0. The number of likely N-dealkylation sites (N-methyl/N-ethyl adjacent to an activating group) is 1. The molecule has 0 aromatic carbocycles. The van der Waals surface area contributed by atoms with E-state index < -0.39 is 0 Å². The second-order valence-corrected chi connectivity index (χ2v) is 5.16. The van der Waals surface area contributed by atoms with E-state index in [2.05, 4.69) is 37.9 Å². The highest BCUT2D eigenvalue weighted by Crippen LogP contribution is 2.24. The molecular weight excluding hydrogens is 196 g/mol. The standard InChI is InChI=1S/C14H30N2/c1-5-9-13(15-7-3)14(6-2)16-11-8-10-12(16)4/h12-15H,5-11H2,1-4H3. The van der Waals surface area contributed by atoms with Gasteiger partial charge >= 0.3 is 0 Å². The van der Waals surface area contributed by atoms with Crippen LogP contribution in [0, 0.1) is 0 Å². The van der Waals surface area contributed by atoms with Gasteiger partial charge in [-0.25, -0.2) is 0 Å². The van der Waals surface area contributed by atoms with E-state index in [0.717, 1.165) is 18.6 Å². The summed E-state index contributed by atoms with van der Waals surface area (Å²) in [6.45, 7) is 11.7. The highest BCUT2D eigenvalue weighted by atomic mass is 15.2. The van der Waals surface area contributed by atoms with Gasteiger partial charge in [0.25, 0.3) is 0 Å². The summed E-state index contributed by atoms with van der Waals surface area (Å²) in [6.07, 6.45) is 6.66. The Morgan fingerprint density at radius 3 is 2.50 bits per heavy atom. The van der Waals surface area contributed by atoms with Gasteiger partial charge in [-0.15, -0.1) is 0 Å². The first-order chi connectivity index (χ1) is 7.74. The van der Waals surface area contributed by atoms with Crippen molar-refractivity contribution in [3.8, 4) is 0 Å². The van der Waals surface area contributed by atoms with Crippen LogP contribution in [0.4, 0.5) is 0 Å². The van der Waals surface area contributed by atoms with Gasteiger partial charge in [-0.3, -0.25) is 4.90 Å². The van der Waals surface area contributed by atoms with Gasteiger partial charge in [-0.2, -0.15) is 0 Å². The molecule has 1 heterocycles. The molecule has 2 heteroatoms. The Kier molecular flexibility index (Phi) is 6.37. The molecular formula is C14H30N2. The fraction of sp³-hybridized carbons (Fsp3) is 1.00. The van der Waals surface area contributed by atoms with Gasteiger partial charge in [-0.05, 0) is 45.7 Å². The molecule has 2 nitrogen and oxygen atoms in total. The largest absolute Gasteiger partial charge is 0.313 e. The van der Waals surface area contributed by atoms with Crippen molar-refractivity contribution in [3.05, 3.63) is 0 Å². The predicted molar refractivity (Wildman–Crippen MR) is 71.9 cm³/mol. The number of nitrogens with one attached hydrogen (secondary N) is 1. The number of hydrogen-bond acceptors (Lipinski definition) is 2. The summed E-state index contributed by atoms with van der Waals surface area (Å²) in [4.78, 5) is 2.74. The van der Waals surface area contributed by atoms with E-state index in [4.69, 9.17) is 0 Å². The lowest BCUT2D eigenvalue weighted by molar-refractivity contribution is 0.141. The van der Waals surface area contributed by atoms with E-state index in [1.54, 1.807) is 0 Å². The average Bonchev–Trinajstić information content (AvgIpc) is 2.67. The van der Waals surface area contributed by atoms with Crippen molar-refractivity contribution >= 4 is 0 Å². The highest BCUT2D eigenvalue weighted by molar-refractivity contribution is 4.89. The SMILES string of the molecule is CCCC(NCC)C(CC)N1CCCC1C. The van der Waals surface area contributed by atoms with Gasteiger partial charge in [0.15, 0.2) is 0 Å². The van der Waals surface area contributed by atoms with E-state index in [9.17, 15) is 0 Å². The molecule has 0 aromatic heterocycles. The number of rotatable bonds is 7. The molecule has 0 radical (unpaired) electrons. The molecule has 3 unspecified atom stereocenters. The van der Waals surface area contributed by atoms with E-state index in [0.29, 0.717) is 6.04 Å². The Bertz CT molecular complexity index is 176. The molecule has 1 rings (SSSR count). The van der Waals surface area contributed by atoms with E-state index in [-0.39, 0.29) is 0 Å². The monoisotopic (exact) mass is 226 g/mol. The van der Waals surface area contributed by atoms with Crippen LogP contribution >= 0.6 is 0 Å². The predicted octanol–water partition coefficient (Wildman–Crippen LogP) is 3.03. The van der Waals surface area contributed by atoms with Gasteiger partial charge in [0.2, 0.25) is 0 Å². The summed E-state index contributed by atoms with van der Waals surface area (Å²) < 4.78 is 0. The molecule has 1 aliphatic heterocycles. The minimum Gasteiger partial charge on any atom is -0.313 e. The fourth-order valence-corrected chi connectivity index (χ4v) is 3.20. The maximum Gasteiger partial charge on any atom is 0.0249 e. The van der Waals surface area contributed by atoms with Crippen LogP contribution in [0.25, 0.3) is 0 Å². The lowest BCUT2D eigenvalue weighted by atomic mass is 9.98. The molecule has 1 fully saturated rings. The van der Waals surface area contributed by atoms with Gasteiger partial charge < -0.3 is 5.32 Å². The molecule has 96 valence electrons. The van der Waals surface area contributed by atoms with Crippen LogP contribution in [0.5, 0.6) is 0 Å². The van der Waals surface area contributed by atoms with Crippen molar-refractivity contribution < 1.29 is 0 Å². The van der Waals surface area contributed by atoms with Crippen molar-refractivity contribution in [2.24, 2.45) is 0 Å². The first kappa shape index (κ1) is 14.0. The Morgan fingerprint density at radius 1 is 1.31 bits per heavy atom. The first-order valence-corrected chi connectivity index (χ1v) is 7.23. The van der Waals surface area contributed by atoms with Crippen LogP contribution in [0.1, 0.15) is 59.8 Å². The van der Waals surface area contributed by atoms with Crippen LogP contribution in [0.15, 0.2) is 0 Å². The number of hydrogen-bond donors (Lipinski definition) is 1. The quantitative estimate of drug-likeness (QED) is 0.718. The summed E-state index contributed by atoms with van der Waals surface area (Å²) in [6, 6.07) is 2.24. The zero-order valence-corrected chi connectivity index (χ0v) is 11.6. The van der Waals surface area contributed by atoms with Gasteiger partial charge in [0.05, 0.1) is 0 Å². The maximum absolute atomic E-state index is 3.69. The van der Waals surface area contributed by atoms with Crippen molar-refractivity contribution in [1.29, 1.82) is 0 Å². The van der Waals surface area contributed by atoms with Crippen molar-refractivity contribution in [3.63, 3.8) is 0 Å². The molecule has 0 spiro atoms. The molecule has 0 aliphatic carbocycles. The minimum absolute atomic E-state index is 0.695. The smallest absolute Gasteiger partial charge is 0.0249 e. The third-order valence-electron chi connectivity index (χ3n) is 3.98. The Labute approximate surface area is 102 Å². The lowest BCUT2D eigenvalue weighted by Crippen LogP contribution is -2.50. The lowest BCUT2D eigenvalue weighted by Gasteiger charge is -2.37. The molecule has 0 amide bonds.